The van der Waals surface area contributed by atoms with Crippen LogP contribution < -0.4 is 10.2 Å². The van der Waals surface area contributed by atoms with Gasteiger partial charge in [0.25, 0.3) is 0 Å². The molecule has 1 aromatic heterocycles. The van der Waals surface area contributed by atoms with E-state index < -0.39 is 0 Å². The zero-order valence-electron chi connectivity index (χ0n) is 11.2. The first-order valence-corrected chi connectivity index (χ1v) is 5.90. The van der Waals surface area contributed by atoms with Gasteiger partial charge in [0.05, 0.1) is 6.10 Å². The van der Waals surface area contributed by atoms with Crippen molar-refractivity contribution in [2.75, 3.05) is 30.9 Å². The van der Waals surface area contributed by atoms with Crippen molar-refractivity contribution in [2.24, 2.45) is 0 Å². The predicted molar refractivity (Wildman–Crippen MR) is 70.6 cm³/mol. The Labute approximate surface area is 103 Å². The van der Waals surface area contributed by atoms with E-state index in [0.717, 1.165) is 17.5 Å². The average Bonchev–Trinajstić information content (AvgIpc) is 2.27. The van der Waals surface area contributed by atoms with Gasteiger partial charge in [0.2, 0.25) is 0 Å². The van der Waals surface area contributed by atoms with E-state index in [-0.39, 0.29) is 12.0 Å². The van der Waals surface area contributed by atoms with E-state index >= 15 is 0 Å². The van der Waals surface area contributed by atoms with E-state index in [2.05, 4.69) is 29.1 Å². The minimum absolute atomic E-state index is 0.280. The summed E-state index contributed by atoms with van der Waals surface area (Å²) in [5, 5.41) is 12.4. The van der Waals surface area contributed by atoms with Gasteiger partial charge in [0.1, 0.15) is 17.5 Å². The van der Waals surface area contributed by atoms with Crippen molar-refractivity contribution in [2.45, 2.75) is 32.8 Å². The lowest BCUT2D eigenvalue weighted by atomic mass is 10.2. The molecule has 0 amide bonds. The Morgan fingerprint density at radius 2 is 2.00 bits per heavy atom. The third-order valence-corrected chi connectivity index (χ3v) is 2.43. The smallest absolute Gasteiger partial charge is 0.135 e. The molecule has 96 valence electrons. The van der Waals surface area contributed by atoms with E-state index in [1.165, 1.54) is 0 Å². The normalized spacial score (nSPS) is 12.6. The Kier molecular flexibility index (Phi) is 4.69. The van der Waals surface area contributed by atoms with Crippen molar-refractivity contribution in [1.82, 2.24) is 9.97 Å². The number of hydrogen-bond donors (Lipinski definition) is 2. The van der Waals surface area contributed by atoms with Crippen molar-refractivity contribution >= 4 is 11.6 Å². The summed E-state index contributed by atoms with van der Waals surface area (Å²) in [6.07, 6.45) is -0.379. The summed E-state index contributed by atoms with van der Waals surface area (Å²) in [7, 11) is 3.75. The predicted octanol–water partition coefficient (Wildman–Crippen LogP) is 1.46. The largest absolute Gasteiger partial charge is 0.392 e. The number of rotatable bonds is 5. The zero-order chi connectivity index (χ0) is 13.0. The molecule has 0 aliphatic carbocycles. The summed E-state index contributed by atoms with van der Waals surface area (Å²) in [4.78, 5) is 10.8. The number of nitrogens with zero attached hydrogens (tertiary/aromatic N) is 3. The van der Waals surface area contributed by atoms with E-state index in [1.54, 1.807) is 6.92 Å². The van der Waals surface area contributed by atoms with E-state index in [9.17, 15) is 5.11 Å². The molecular formula is C12H22N4O. The van der Waals surface area contributed by atoms with E-state index in [4.69, 9.17) is 0 Å². The van der Waals surface area contributed by atoms with Crippen molar-refractivity contribution in [3.63, 3.8) is 0 Å². The first kappa shape index (κ1) is 13.7. The number of hydrogen-bond acceptors (Lipinski definition) is 5. The van der Waals surface area contributed by atoms with Crippen LogP contribution in [0.3, 0.4) is 0 Å². The van der Waals surface area contributed by atoms with Crippen LogP contribution in [0, 0.1) is 0 Å². The van der Waals surface area contributed by atoms with Gasteiger partial charge < -0.3 is 15.3 Å². The van der Waals surface area contributed by atoms with E-state index in [1.807, 2.05) is 25.1 Å². The summed E-state index contributed by atoms with van der Waals surface area (Å²) in [5.41, 5.74) is 0. The summed E-state index contributed by atoms with van der Waals surface area (Å²) in [5.74, 6) is 2.72. The fraction of sp³-hybridized carbons (Fsp3) is 0.667. The molecule has 0 bridgehead atoms. The van der Waals surface area contributed by atoms with Gasteiger partial charge in [-0.3, -0.25) is 0 Å². The Morgan fingerprint density at radius 3 is 2.47 bits per heavy atom. The monoisotopic (exact) mass is 238 g/mol. The summed E-state index contributed by atoms with van der Waals surface area (Å²) in [6.45, 7) is 6.44. The summed E-state index contributed by atoms with van der Waals surface area (Å²) in [6, 6.07) is 1.88. The van der Waals surface area contributed by atoms with Crippen LogP contribution >= 0.6 is 0 Å². The fourth-order valence-electron chi connectivity index (χ4n) is 1.52. The molecule has 1 rings (SSSR count). The number of aliphatic hydroxyl groups is 1. The summed E-state index contributed by atoms with van der Waals surface area (Å²) >= 11 is 0. The minimum Gasteiger partial charge on any atom is -0.392 e. The molecule has 0 aliphatic rings. The second-order valence-corrected chi connectivity index (χ2v) is 4.60. The molecule has 5 nitrogen and oxygen atoms in total. The standard InChI is InChI=1S/C12H22N4O/c1-8(2)12-14-10(13-4)6-11(15-12)16(5)7-9(3)17/h6,8-9,17H,7H2,1-5H3,(H,13,14,15). The quantitative estimate of drug-likeness (QED) is 0.813. The Bertz CT molecular complexity index is 366. The van der Waals surface area contributed by atoms with Crippen LogP contribution in [0.15, 0.2) is 6.07 Å². The molecule has 2 N–H and O–H groups in total. The molecule has 0 spiro atoms. The van der Waals surface area contributed by atoms with Gasteiger partial charge in [0, 0.05) is 32.6 Å². The average molecular weight is 238 g/mol. The second-order valence-electron chi connectivity index (χ2n) is 4.60. The third-order valence-electron chi connectivity index (χ3n) is 2.43. The second kappa shape index (κ2) is 5.82. The highest BCUT2D eigenvalue weighted by Crippen LogP contribution is 2.19. The number of aliphatic hydroxyl groups excluding tert-OH is 1. The minimum atomic E-state index is -0.379. The summed E-state index contributed by atoms with van der Waals surface area (Å²) < 4.78 is 0. The molecule has 0 saturated carbocycles. The van der Waals surface area contributed by atoms with Gasteiger partial charge in [-0.15, -0.1) is 0 Å². The molecule has 1 aromatic rings. The van der Waals surface area contributed by atoms with Crippen molar-refractivity contribution in [3.8, 4) is 0 Å². The number of likely N-dealkylation sites (N-methyl/N-ethyl adjacent to an activating group) is 1. The van der Waals surface area contributed by atoms with Crippen molar-refractivity contribution < 1.29 is 5.11 Å². The number of anilines is 2. The maximum Gasteiger partial charge on any atom is 0.135 e. The first-order valence-electron chi connectivity index (χ1n) is 5.90. The molecule has 0 fully saturated rings. The van der Waals surface area contributed by atoms with Crippen LogP contribution in [-0.4, -0.2) is 41.8 Å². The Morgan fingerprint density at radius 1 is 1.35 bits per heavy atom. The van der Waals surface area contributed by atoms with Crippen LogP contribution in [0.5, 0.6) is 0 Å². The lowest BCUT2D eigenvalue weighted by molar-refractivity contribution is 0.201. The molecular weight excluding hydrogens is 216 g/mol. The molecule has 1 unspecified atom stereocenters. The SMILES string of the molecule is CNc1cc(N(C)CC(C)O)nc(C(C)C)n1. The van der Waals surface area contributed by atoms with E-state index in [0.29, 0.717) is 6.54 Å². The van der Waals surface area contributed by atoms with Crippen LogP contribution in [0.2, 0.25) is 0 Å². The molecule has 0 saturated heterocycles. The first-order chi connectivity index (χ1) is 7.93. The van der Waals surface area contributed by atoms with Gasteiger partial charge in [-0.05, 0) is 6.92 Å². The van der Waals surface area contributed by atoms with Gasteiger partial charge >= 0.3 is 0 Å². The highest BCUT2D eigenvalue weighted by molar-refractivity contribution is 5.49. The molecule has 0 aliphatic heterocycles. The topological polar surface area (TPSA) is 61.3 Å². The fourth-order valence-corrected chi connectivity index (χ4v) is 1.52. The highest BCUT2D eigenvalue weighted by Gasteiger charge is 2.11. The maximum absolute atomic E-state index is 9.39. The van der Waals surface area contributed by atoms with Crippen LogP contribution in [0.25, 0.3) is 0 Å². The van der Waals surface area contributed by atoms with Gasteiger partial charge in [-0.25, -0.2) is 9.97 Å². The Hall–Kier alpha value is -1.36. The molecule has 1 heterocycles. The molecule has 5 heteroatoms. The zero-order valence-corrected chi connectivity index (χ0v) is 11.2. The van der Waals surface area contributed by atoms with Gasteiger partial charge in [-0.2, -0.15) is 0 Å². The van der Waals surface area contributed by atoms with Crippen LogP contribution in [-0.2, 0) is 0 Å². The molecule has 0 radical (unpaired) electrons. The van der Waals surface area contributed by atoms with Crippen molar-refractivity contribution in [3.05, 3.63) is 11.9 Å². The number of aromatic nitrogens is 2. The number of nitrogens with one attached hydrogen (secondary N) is 1. The maximum atomic E-state index is 9.39. The van der Waals surface area contributed by atoms with Gasteiger partial charge in [0.15, 0.2) is 0 Å². The molecule has 17 heavy (non-hydrogen) atoms. The lowest BCUT2D eigenvalue weighted by Crippen LogP contribution is -2.28. The molecule has 0 aromatic carbocycles. The van der Waals surface area contributed by atoms with Gasteiger partial charge in [-0.1, -0.05) is 13.8 Å². The highest BCUT2D eigenvalue weighted by atomic mass is 16.3. The molecule has 1 atom stereocenters. The Balaban J connectivity index is 3.01. The third kappa shape index (κ3) is 3.85. The lowest BCUT2D eigenvalue weighted by Gasteiger charge is -2.21. The van der Waals surface area contributed by atoms with Crippen LogP contribution in [0.4, 0.5) is 11.6 Å². The van der Waals surface area contributed by atoms with Crippen LogP contribution in [0.1, 0.15) is 32.5 Å². The van der Waals surface area contributed by atoms with Crippen molar-refractivity contribution in [1.29, 1.82) is 0 Å².